The molecule has 0 fully saturated rings. The second-order valence-electron chi connectivity index (χ2n) is 4.80. The fourth-order valence-electron chi connectivity index (χ4n) is 2.74. The van der Waals surface area contributed by atoms with Gasteiger partial charge in [-0.05, 0) is 54.3 Å². The van der Waals surface area contributed by atoms with Gasteiger partial charge in [0.25, 0.3) is 0 Å². The molecule has 0 aromatic heterocycles. The van der Waals surface area contributed by atoms with E-state index in [-0.39, 0.29) is 0 Å². The summed E-state index contributed by atoms with van der Waals surface area (Å²) in [6.45, 7) is 0. The van der Waals surface area contributed by atoms with Crippen LogP contribution in [0.5, 0.6) is 0 Å². The largest absolute Gasteiger partial charge is 0.313 e. The molecule has 2 heteroatoms. The number of halogens is 1. The van der Waals surface area contributed by atoms with Gasteiger partial charge >= 0.3 is 0 Å². The van der Waals surface area contributed by atoms with Crippen LogP contribution in [0.15, 0.2) is 42.5 Å². The Bertz CT molecular complexity index is 560. The van der Waals surface area contributed by atoms with Gasteiger partial charge in [-0.3, -0.25) is 0 Å². The van der Waals surface area contributed by atoms with Gasteiger partial charge in [-0.15, -0.1) is 0 Å². The minimum atomic E-state index is 0.527. The lowest BCUT2D eigenvalue weighted by molar-refractivity contribution is 0.590. The molecule has 0 saturated carbocycles. The van der Waals surface area contributed by atoms with Gasteiger partial charge in [-0.25, -0.2) is 0 Å². The Morgan fingerprint density at radius 3 is 2.50 bits per heavy atom. The van der Waals surface area contributed by atoms with Crippen LogP contribution in [-0.4, -0.2) is 7.05 Å². The number of fused-ring (bicyclic) bond motifs is 1. The summed E-state index contributed by atoms with van der Waals surface area (Å²) < 4.78 is 0. The van der Waals surface area contributed by atoms with E-state index in [0.29, 0.717) is 6.04 Å². The maximum absolute atomic E-state index is 5.92. The van der Waals surface area contributed by atoms with E-state index in [0.717, 1.165) is 5.02 Å². The summed E-state index contributed by atoms with van der Waals surface area (Å²) in [5.74, 6) is 0. The van der Waals surface area contributed by atoms with Gasteiger partial charge in [0.2, 0.25) is 0 Å². The molecule has 2 aromatic rings. The van der Waals surface area contributed by atoms with Crippen LogP contribution in [-0.2, 0) is 6.42 Å². The third kappa shape index (κ3) is 2.05. The van der Waals surface area contributed by atoms with Crippen molar-refractivity contribution in [3.8, 4) is 11.1 Å². The third-order valence-electron chi connectivity index (χ3n) is 3.75. The zero-order valence-electron chi connectivity index (χ0n) is 10.4. The molecule has 1 aliphatic rings. The molecule has 1 aliphatic carbocycles. The van der Waals surface area contributed by atoms with E-state index < -0.39 is 0 Å². The Morgan fingerprint density at radius 1 is 1.06 bits per heavy atom. The normalized spacial score (nSPS) is 17.8. The van der Waals surface area contributed by atoms with E-state index >= 15 is 0 Å². The summed E-state index contributed by atoms with van der Waals surface area (Å²) in [6.07, 6.45) is 2.37. The van der Waals surface area contributed by atoms with Crippen molar-refractivity contribution in [3.63, 3.8) is 0 Å². The first-order valence-electron chi connectivity index (χ1n) is 6.34. The number of aryl methyl sites for hydroxylation is 1. The lowest BCUT2D eigenvalue weighted by Gasteiger charge is -2.11. The summed E-state index contributed by atoms with van der Waals surface area (Å²) >= 11 is 5.92. The van der Waals surface area contributed by atoms with Crippen molar-refractivity contribution in [2.75, 3.05) is 7.05 Å². The number of nitrogens with one attached hydrogen (secondary N) is 1. The van der Waals surface area contributed by atoms with Crippen LogP contribution in [0, 0.1) is 0 Å². The molecule has 2 aromatic carbocycles. The standard InChI is InChI=1S/C16H16ClN/c1-18-16-9-5-13-10-12(4-8-15(13)16)11-2-6-14(17)7-3-11/h2-4,6-8,10,16,18H,5,9H2,1H3. The highest BCUT2D eigenvalue weighted by atomic mass is 35.5. The smallest absolute Gasteiger partial charge is 0.0406 e. The van der Waals surface area contributed by atoms with Gasteiger partial charge < -0.3 is 5.32 Å². The minimum absolute atomic E-state index is 0.527. The predicted octanol–water partition coefficient (Wildman–Crippen LogP) is 4.21. The molecule has 0 heterocycles. The van der Waals surface area contributed by atoms with Crippen LogP contribution in [0.2, 0.25) is 5.02 Å². The third-order valence-corrected chi connectivity index (χ3v) is 4.00. The molecular weight excluding hydrogens is 242 g/mol. The zero-order valence-corrected chi connectivity index (χ0v) is 11.2. The first kappa shape index (κ1) is 11.8. The molecule has 0 saturated heterocycles. The van der Waals surface area contributed by atoms with Crippen LogP contribution in [0.4, 0.5) is 0 Å². The molecule has 1 atom stereocenters. The van der Waals surface area contributed by atoms with Gasteiger partial charge in [-0.2, -0.15) is 0 Å². The first-order chi connectivity index (χ1) is 8.78. The van der Waals surface area contributed by atoms with Gasteiger partial charge in [0, 0.05) is 11.1 Å². The van der Waals surface area contributed by atoms with Gasteiger partial charge in [-0.1, -0.05) is 41.9 Å². The first-order valence-corrected chi connectivity index (χ1v) is 6.72. The maximum Gasteiger partial charge on any atom is 0.0406 e. The Morgan fingerprint density at radius 2 is 1.78 bits per heavy atom. The molecule has 0 amide bonds. The number of rotatable bonds is 2. The van der Waals surface area contributed by atoms with Gasteiger partial charge in [0.05, 0.1) is 0 Å². The van der Waals surface area contributed by atoms with E-state index in [1.165, 1.54) is 35.1 Å². The lowest BCUT2D eigenvalue weighted by Crippen LogP contribution is -2.12. The second kappa shape index (κ2) is 4.75. The van der Waals surface area contributed by atoms with Gasteiger partial charge in [0.1, 0.15) is 0 Å². The van der Waals surface area contributed by atoms with Crippen molar-refractivity contribution in [1.29, 1.82) is 0 Å². The Balaban J connectivity index is 1.98. The molecular formula is C16H16ClN. The van der Waals surface area contributed by atoms with Crippen molar-refractivity contribution in [2.24, 2.45) is 0 Å². The monoisotopic (exact) mass is 257 g/mol. The molecule has 0 spiro atoms. The lowest BCUT2D eigenvalue weighted by atomic mass is 10.00. The van der Waals surface area contributed by atoms with Gasteiger partial charge in [0.15, 0.2) is 0 Å². The van der Waals surface area contributed by atoms with E-state index in [1.807, 2.05) is 19.2 Å². The Kier molecular flexibility index (Phi) is 3.11. The second-order valence-corrected chi connectivity index (χ2v) is 5.24. The van der Waals surface area contributed by atoms with Crippen LogP contribution in [0.25, 0.3) is 11.1 Å². The van der Waals surface area contributed by atoms with E-state index in [4.69, 9.17) is 11.6 Å². The molecule has 0 bridgehead atoms. The molecule has 0 radical (unpaired) electrons. The van der Waals surface area contributed by atoms with Crippen molar-refractivity contribution < 1.29 is 0 Å². The summed E-state index contributed by atoms with van der Waals surface area (Å²) in [4.78, 5) is 0. The molecule has 18 heavy (non-hydrogen) atoms. The van der Waals surface area contributed by atoms with Crippen LogP contribution < -0.4 is 5.32 Å². The minimum Gasteiger partial charge on any atom is -0.313 e. The maximum atomic E-state index is 5.92. The van der Waals surface area contributed by atoms with E-state index in [2.05, 4.69) is 35.6 Å². The highest BCUT2D eigenvalue weighted by Gasteiger charge is 2.20. The quantitative estimate of drug-likeness (QED) is 0.850. The summed E-state index contributed by atoms with van der Waals surface area (Å²) in [5, 5.41) is 4.16. The summed E-state index contributed by atoms with van der Waals surface area (Å²) in [6, 6.07) is 15.4. The number of hydrogen-bond donors (Lipinski definition) is 1. The molecule has 0 aliphatic heterocycles. The van der Waals surface area contributed by atoms with Crippen molar-refractivity contribution in [1.82, 2.24) is 5.32 Å². The molecule has 3 rings (SSSR count). The number of benzene rings is 2. The average molecular weight is 258 g/mol. The molecule has 1 N–H and O–H groups in total. The van der Waals surface area contributed by atoms with Crippen LogP contribution in [0.1, 0.15) is 23.6 Å². The average Bonchev–Trinajstić information content (AvgIpc) is 2.81. The zero-order chi connectivity index (χ0) is 12.5. The van der Waals surface area contributed by atoms with E-state index in [1.54, 1.807) is 0 Å². The Hall–Kier alpha value is -1.31. The highest BCUT2D eigenvalue weighted by molar-refractivity contribution is 6.30. The van der Waals surface area contributed by atoms with Crippen molar-refractivity contribution in [3.05, 3.63) is 58.6 Å². The highest BCUT2D eigenvalue weighted by Crippen LogP contribution is 2.34. The Labute approximate surface area is 113 Å². The predicted molar refractivity (Wildman–Crippen MR) is 77.0 cm³/mol. The topological polar surface area (TPSA) is 12.0 Å². The van der Waals surface area contributed by atoms with Crippen LogP contribution in [0.3, 0.4) is 0 Å². The van der Waals surface area contributed by atoms with Crippen molar-refractivity contribution in [2.45, 2.75) is 18.9 Å². The fraction of sp³-hybridized carbons (Fsp3) is 0.250. The summed E-state index contributed by atoms with van der Waals surface area (Å²) in [7, 11) is 2.03. The number of hydrogen-bond acceptors (Lipinski definition) is 1. The summed E-state index contributed by atoms with van der Waals surface area (Å²) in [5.41, 5.74) is 5.44. The van der Waals surface area contributed by atoms with E-state index in [9.17, 15) is 0 Å². The molecule has 92 valence electrons. The van der Waals surface area contributed by atoms with Crippen LogP contribution >= 0.6 is 11.6 Å². The SMILES string of the molecule is CNC1CCc2cc(-c3ccc(Cl)cc3)ccc21. The van der Waals surface area contributed by atoms with Crippen molar-refractivity contribution >= 4 is 11.6 Å². The molecule has 1 nitrogen and oxygen atoms in total. The fourth-order valence-corrected chi connectivity index (χ4v) is 2.87. The molecule has 1 unspecified atom stereocenters.